The Balaban J connectivity index is 1.46. The van der Waals surface area contributed by atoms with Gasteiger partial charge in [0.15, 0.2) is 0 Å². The van der Waals surface area contributed by atoms with Gasteiger partial charge in [-0.3, -0.25) is 4.90 Å². The minimum atomic E-state index is -0.00927. The summed E-state index contributed by atoms with van der Waals surface area (Å²) >= 11 is 0. The lowest BCUT2D eigenvalue weighted by molar-refractivity contribution is -0.0622. The fourth-order valence-corrected chi connectivity index (χ4v) is 4.15. The molecule has 30 heavy (non-hydrogen) atoms. The number of hydrogen-bond donors (Lipinski definition) is 0. The van der Waals surface area contributed by atoms with Crippen molar-refractivity contribution in [3.05, 3.63) is 60.2 Å². The summed E-state index contributed by atoms with van der Waals surface area (Å²) in [4.78, 5) is 4.88. The number of rotatable bonds is 11. The molecular formula is C26H38N2O2. The highest BCUT2D eigenvalue weighted by molar-refractivity contribution is 5.48. The maximum absolute atomic E-state index is 6.06. The molecule has 0 saturated carbocycles. The van der Waals surface area contributed by atoms with Gasteiger partial charge in [-0.2, -0.15) is 0 Å². The molecule has 2 aromatic rings. The van der Waals surface area contributed by atoms with E-state index in [9.17, 15) is 0 Å². The molecule has 0 spiro atoms. The molecule has 1 heterocycles. The van der Waals surface area contributed by atoms with Crippen molar-refractivity contribution < 1.29 is 9.47 Å². The van der Waals surface area contributed by atoms with E-state index in [2.05, 4.69) is 78.4 Å². The number of hydrogen-bond acceptors (Lipinski definition) is 4. The van der Waals surface area contributed by atoms with E-state index in [0.29, 0.717) is 0 Å². The molecule has 3 rings (SSSR count). The van der Waals surface area contributed by atoms with Crippen molar-refractivity contribution in [2.45, 2.75) is 51.2 Å². The van der Waals surface area contributed by atoms with Gasteiger partial charge < -0.3 is 14.4 Å². The Hall–Kier alpha value is -2.04. The molecule has 164 valence electrons. The number of unbranched alkanes of at least 4 members (excludes halogenated alkanes) is 1. The van der Waals surface area contributed by atoms with Gasteiger partial charge in [0.25, 0.3) is 0 Å². The molecule has 0 radical (unpaired) electrons. The van der Waals surface area contributed by atoms with Gasteiger partial charge in [-0.05, 0) is 55.5 Å². The third kappa shape index (κ3) is 6.48. The molecule has 0 amide bonds. The zero-order valence-electron chi connectivity index (χ0n) is 19.0. The van der Waals surface area contributed by atoms with Gasteiger partial charge >= 0.3 is 0 Å². The topological polar surface area (TPSA) is 24.9 Å². The van der Waals surface area contributed by atoms with Crippen molar-refractivity contribution in [3.8, 4) is 5.75 Å². The first-order valence-corrected chi connectivity index (χ1v) is 11.4. The van der Waals surface area contributed by atoms with Crippen molar-refractivity contribution in [1.29, 1.82) is 0 Å². The van der Waals surface area contributed by atoms with E-state index >= 15 is 0 Å². The number of piperidine rings is 1. The highest BCUT2D eigenvalue weighted by Crippen LogP contribution is 2.31. The van der Waals surface area contributed by atoms with E-state index in [0.717, 1.165) is 70.6 Å². The Morgan fingerprint density at radius 3 is 2.33 bits per heavy atom. The summed E-state index contributed by atoms with van der Waals surface area (Å²) in [6.07, 6.45) is 5.49. The molecule has 0 atom stereocenters. The van der Waals surface area contributed by atoms with Gasteiger partial charge in [-0.1, -0.05) is 43.7 Å². The van der Waals surface area contributed by atoms with E-state index in [-0.39, 0.29) is 5.60 Å². The van der Waals surface area contributed by atoms with Crippen molar-refractivity contribution in [1.82, 2.24) is 4.90 Å². The highest BCUT2D eigenvalue weighted by Gasteiger charge is 2.34. The molecule has 4 heteroatoms. The van der Waals surface area contributed by atoms with E-state index in [1.165, 1.54) is 11.3 Å². The number of benzene rings is 2. The van der Waals surface area contributed by atoms with E-state index in [4.69, 9.17) is 9.47 Å². The van der Waals surface area contributed by atoms with Crippen LogP contribution in [0.2, 0.25) is 0 Å². The summed E-state index contributed by atoms with van der Waals surface area (Å²) in [6, 6.07) is 19.2. The van der Waals surface area contributed by atoms with Crippen LogP contribution in [0.1, 0.15) is 44.6 Å². The largest absolute Gasteiger partial charge is 0.494 e. The molecular weight excluding hydrogens is 372 g/mol. The van der Waals surface area contributed by atoms with Crippen LogP contribution < -0.4 is 9.64 Å². The van der Waals surface area contributed by atoms with Crippen LogP contribution >= 0.6 is 0 Å². The van der Waals surface area contributed by atoms with Crippen LogP contribution in [-0.4, -0.2) is 50.9 Å². The van der Waals surface area contributed by atoms with Crippen LogP contribution in [0.15, 0.2) is 54.6 Å². The average molecular weight is 411 g/mol. The molecule has 0 aromatic heterocycles. The first-order valence-electron chi connectivity index (χ1n) is 11.4. The lowest BCUT2D eigenvalue weighted by Crippen LogP contribution is -2.46. The van der Waals surface area contributed by atoms with Crippen molar-refractivity contribution >= 4 is 5.69 Å². The number of anilines is 1. The summed E-state index contributed by atoms with van der Waals surface area (Å²) in [7, 11) is 4.05. The van der Waals surface area contributed by atoms with Crippen LogP contribution in [0.5, 0.6) is 5.75 Å². The number of likely N-dealkylation sites (tertiary alicyclic amines) is 1. The third-order valence-corrected chi connectivity index (χ3v) is 6.40. The van der Waals surface area contributed by atoms with Gasteiger partial charge in [0.1, 0.15) is 5.75 Å². The maximum Gasteiger partial charge on any atom is 0.119 e. The van der Waals surface area contributed by atoms with Crippen LogP contribution in [0, 0.1) is 0 Å². The first-order chi connectivity index (χ1) is 14.6. The number of ether oxygens (including phenoxy) is 2. The summed E-state index contributed by atoms with van der Waals surface area (Å²) in [5.74, 6) is 0.958. The van der Waals surface area contributed by atoms with Crippen molar-refractivity contribution in [2.75, 3.05) is 45.3 Å². The molecule has 0 unspecified atom stereocenters. The molecule has 0 bridgehead atoms. The van der Waals surface area contributed by atoms with Crippen LogP contribution in [-0.2, 0) is 11.3 Å². The molecule has 1 saturated heterocycles. The standard InChI is InChI=1S/C26H38N2O2/c1-4-5-21-30-25-13-11-24(12-14-25)27(2)18-15-26(29-3)16-19-28(20-17-26)22-23-9-7-6-8-10-23/h6-14H,4-5,15-22H2,1-3H3. The molecule has 2 aromatic carbocycles. The maximum atomic E-state index is 6.06. The fourth-order valence-electron chi connectivity index (χ4n) is 4.15. The third-order valence-electron chi connectivity index (χ3n) is 6.40. The second kappa shape index (κ2) is 11.4. The molecule has 1 fully saturated rings. The zero-order chi connectivity index (χ0) is 21.2. The molecule has 0 N–H and O–H groups in total. The summed E-state index contributed by atoms with van der Waals surface area (Å²) in [5.41, 5.74) is 2.61. The van der Waals surface area contributed by atoms with Gasteiger partial charge in [0.05, 0.1) is 12.2 Å². The molecule has 1 aliphatic heterocycles. The second-order valence-electron chi connectivity index (χ2n) is 8.52. The highest BCUT2D eigenvalue weighted by atomic mass is 16.5. The zero-order valence-corrected chi connectivity index (χ0v) is 19.0. The smallest absolute Gasteiger partial charge is 0.119 e. The van der Waals surface area contributed by atoms with Gasteiger partial charge in [0.2, 0.25) is 0 Å². The summed E-state index contributed by atoms with van der Waals surface area (Å²) in [6.45, 7) is 7.19. The first kappa shape index (κ1) is 22.6. The van der Waals surface area contributed by atoms with Gasteiger partial charge in [0, 0.05) is 46.0 Å². The Morgan fingerprint density at radius 2 is 1.70 bits per heavy atom. The Kier molecular flexibility index (Phi) is 8.59. The molecule has 0 aliphatic carbocycles. The Bertz CT molecular complexity index is 724. The van der Waals surface area contributed by atoms with E-state index < -0.39 is 0 Å². The Labute approximate surface area is 182 Å². The van der Waals surface area contributed by atoms with Gasteiger partial charge in [-0.15, -0.1) is 0 Å². The minimum Gasteiger partial charge on any atom is -0.494 e. The van der Waals surface area contributed by atoms with E-state index in [1.807, 2.05) is 7.11 Å². The average Bonchev–Trinajstić information content (AvgIpc) is 2.80. The summed E-state index contributed by atoms with van der Waals surface area (Å²) < 4.78 is 11.8. The fraction of sp³-hybridized carbons (Fsp3) is 0.538. The lowest BCUT2D eigenvalue weighted by atomic mass is 9.87. The van der Waals surface area contributed by atoms with Crippen LogP contribution in [0.4, 0.5) is 5.69 Å². The number of nitrogens with zero attached hydrogens (tertiary/aromatic N) is 2. The van der Waals surface area contributed by atoms with Crippen LogP contribution in [0.3, 0.4) is 0 Å². The van der Waals surface area contributed by atoms with Crippen molar-refractivity contribution in [2.24, 2.45) is 0 Å². The molecule has 1 aliphatic rings. The van der Waals surface area contributed by atoms with Crippen molar-refractivity contribution in [3.63, 3.8) is 0 Å². The van der Waals surface area contributed by atoms with Crippen LogP contribution in [0.25, 0.3) is 0 Å². The SMILES string of the molecule is CCCCOc1ccc(N(C)CCC2(OC)CCN(Cc3ccccc3)CC2)cc1. The Morgan fingerprint density at radius 1 is 1.00 bits per heavy atom. The van der Waals surface area contributed by atoms with Gasteiger partial charge in [-0.25, -0.2) is 0 Å². The number of methoxy groups -OCH3 is 1. The minimum absolute atomic E-state index is 0.00927. The van der Waals surface area contributed by atoms with E-state index in [1.54, 1.807) is 0 Å². The normalized spacial score (nSPS) is 16.4. The summed E-state index contributed by atoms with van der Waals surface area (Å²) in [5, 5.41) is 0. The predicted molar refractivity (Wildman–Crippen MR) is 125 cm³/mol. The monoisotopic (exact) mass is 410 g/mol. The predicted octanol–water partition coefficient (Wildman–Crippen LogP) is 5.37. The molecule has 4 nitrogen and oxygen atoms in total. The second-order valence-corrected chi connectivity index (χ2v) is 8.52. The quantitative estimate of drug-likeness (QED) is 0.465. The lowest BCUT2D eigenvalue weighted by Gasteiger charge is -2.42.